The molecule has 0 saturated carbocycles. The van der Waals surface area contributed by atoms with Crippen molar-refractivity contribution in [1.29, 1.82) is 0 Å². The van der Waals surface area contributed by atoms with Crippen molar-refractivity contribution in [2.45, 2.75) is 33.4 Å². The number of amides is 2. The Morgan fingerprint density at radius 1 is 1.04 bits per heavy atom. The lowest BCUT2D eigenvalue weighted by atomic mass is 10.0. The number of aryl methyl sites for hydroxylation is 1. The minimum absolute atomic E-state index is 0.0624. The first-order chi connectivity index (χ1) is 12.3. The van der Waals surface area contributed by atoms with Crippen LogP contribution in [0.1, 0.15) is 35.3 Å². The molecule has 0 spiro atoms. The lowest BCUT2D eigenvalue weighted by Gasteiger charge is -2.27. The summed E-state index contributed by atoms with van der Waals surface area (Å²) < 4.78 is 13.0. The van der Waals surface area contributed by atoms with Gasteiger partial charge in [0.2, 0.25) is 5.91 Å². The van der Waals surface area contributed by atoms with Crippen LogP contribution in [0.4, 0.5) is 4.39 Å². The van der Waals surface area contributed by atoms with E-state index in [0.29, 0.717) is 12.1 Å². The maximum atomic E-state index is 13.0. The van der Waals surface area contributed by atoms with Gasteiger partial charge in [-0.3, -0.25) is 9.59 Å². The molecular formula is C21H25FN2O2. The zero-order valence-electron chi connectivity index (χ0n) is 15.6. The fourth-order valence-electron chi connectivity index (χ4n) is 2.62. The predicted octanol–water partition coefficient (Wildman–Crippen LogP) is 3.55. The van der Waals surface area contributed by atoms with E-state index in [-0.39, 0.29) is 23.5 Å². The molecule has 0 bridgehead atoms. The highest BCUT2D eigenvalue weighted by atomic mass is 19.1. The van der Waals surface area contributed by atoms with E-state index in [9.17, 15) is 14.0 Å². The SMILES string of the molecule is Cc1ccc(C(=O)NC(C(=O)N(C)Cc2ccc(F)cc2)C(C)C)cc1. The summed E-state index contributed by atoms with van der Waals surface area (Å²) in [6, 6.07) is 12.6. The second-order valence-corrected chi connectivity index (χ2v) is 6.88. The molecule has 0 aromatic heterocycles. The number of likely N-dealkylation sites (N-methyl/N-ethyl adjacent to an activating group) is 1. The fourth-order valence-corrected chi connectivity index (χ4v) is 2.62. The van der Waals surface area contributed by atoms with Crippen molar-refractivity contribution in [3.63, 3.8) is 0 Å². The molecule has 0 radical (unpaired) electrons. The normalized spacial score (nSPS) is 11.9. The van der Waals surface area contributed by atoms with Gasteiger partial charge in [-0.25, -0.2) is 4.39 Å². The molecule has 0 saturated heterocycles. The number of halogens is 1. The molecule has 5 heteroatoms. The fraction of sp³-hybridized carbons (Fsp3) is 0.333. The lowest BCUT2D eigenvalue weighted by molar-refractivity contribution is -0.133. The van der Waals surface area contributed by atoms with Gasteiger partial charge in [-0.05, 0) is 42.7 Å². The van der Waals surface area contributed by atoms with Crippen molar-refractivity contribution < 1.29 is 14.0 Å². The molecule has 1 atom stereocenters. The number of carbonyl (C=O) groups is 2. The van der Waals surface area contributed by atoms with Gasteiger partial charge >= 0.3 is 0 Å². The molecule has 0 aliphatic carbocycles. The number of benzene rings is 2. The Labute approximate surface area is 154 Å². The Bertz CT molecular complexity index is 755. The Morgan fingerprint density at radius 2 is 1.62 bits per heavy atom. The van der Waals surface area contributed by atoms with E-state index in [1.165, 1.54) is 12.1 Å². The summed E-state index contributed by atoms with van der Waals surface area (Å²) in [5.74, 6) is -0.822. The van der Waals surface area contributed by atoms with E-state index < -0.39 is 6.04 Å². The quantitative estimate of drug-likeness (QED) is 0.861. The molecule has 0 heterocycles. The van der Waals surface area contributed by atoms with E-state index in [0.717, 1.165) is 11.1 Å². The highest BCUT2D eigenvalue weighted by Crippen LogP contribution is 2.12. The van der Waals surface area contributed by atoms with Gasteiger partial charge in [0.05, 0.1) is 0 Å². The van der Waals surface area contributed by atoms with Gasteiger partial charge in [-0.15, -0.1) is 0 Å². The molecule has 2 aromatic rings. The maximum absolute atomic E-state index is 13.0. The minimum Gasteiger partial charge on any atom is -0.340 e. The Kier molecular flexibility index (Phi) is 6.50. The average Bonchev–Trinajstić information content (AvgIpc) is 2.61. The van der Waals surface area contributed by atoms with Crippen LogP contribution in [-0.4, -0.2) is 29.8 Å². The maximum Gasteiger partial charge on any atom is 0.251 e. The van der Waals surface area contributed by atoms with E-state index >= 15 is 0 Å². The molecule has 2 aromatic carbocycles. The smallest absolute Gasteiger partial charge is 0.251 e. The van der Waals surface area contributed by atoms with Crippen LogP contribution < -0.4 is 5.32 Å². The largest absolute Gasteiger partial charge is 0.340 e. The molecule has 0 fully saturated rings. The average molecular weight is 356 g/mol. The van der Waals surface area contributed by atoms with Crippen LogP contribution in [0.25, 0.3) is 0 Å². The second-order valence-electron chi connectivity index (χ2n) is 6.88. The summed E-state index contributed by atoms with van der Waals surface area (Å²) in [6.45, 7) is 6.09. The molecule has 1 N–H and O–H groups in total. The van der Waals surface area contributed by atoms with Crippen molar-refractivity contribution in [3.8, 4) is 0 Å². The molecule has 26 heavy (non-hydrogen) atoms. The molecule has 0 aliphatic heterocycles. The van der Waals surface area contributed by atoms with Crippen molar-refractivity contribution >= 4 is 11.8 Å². The zero-order chi connectivity index (χ0) is 19.3. The number of hydrogen-bond donors (Lipinski definition) is 1. The van der Waals surface area contributed by atoms with Crippen LogP contribution in [0.15, 0.2) is 48.5 Å². The molecule has 138 valence electrons. The molecule has 2 rings (SSSR count). The first-order valence-electron chi connectivity index (χ1n) is 8.65. The van der Waals surface area contributed by atoms with Crippen LogP contribution in [0.2, 0.25) is 0 Å². The molecule has 4 nitrogen and oxygen atoms in total. The molecular weight excluding hydrogens is 331 g/mol. The first-order valence-corrected chi connectivity index (χ1v) is 8.65. The highest BCUT2D eigenvalue weighted by Gasteiger charge is 2.27. The van der Waals surface area contributed by atoms with Crippen LogP contribution >= 0.6 is 0 Å². The summed E-state index contributed by atoms with van der Waals surface area (Å²) in [5.41, 5.74) is 2.42. The van der Waals surface area contributed by atoms with Gasteiger partial charge in [-0.1, -0.05) is 43.7 Å². The van der Waals surface area contributed by atoms with Gasteiger partial charge < -0.3 is 10.2 Å². The van der Waals surface area contributed by atoms with E-state index in [1.54, 1.807) is 36.2 Å². The summed E-state index contributed by atoms with van der Waals surface area (Å²) in [4.78, 5) is 26.8. The highest BCUT2D eigenvalue weighted by molar-refractivity contribution is 5.97. The second kappa shape index (κ2) is 8.61. The van der Waals surface area contributed by atoms with Crippen molar-refractivity contribution in [2.75, 3.05) is 7.05 Å². The number of nitrogens with zero attached hydrogens (tertiary/aromatic N) is 1. The summed E-state index contributed by atoms with van der Waals surface area (Å²) >= 11 is 0. The van der Waals surface area contributed by atoms with Crippen LogP contribution in [0, 0.1) is 18.7 Å². The van der Waals surface area contributed by atoms with Crippen LogP contribution in [0.5, 0.6) is 0 Å². The van der Waals surface area contributed by atoms with E-state index in [2.05, 4.69) is 5.32 Å². The monoisotopic (exact) mass is 356 g/mol. The van der Waals surface area contributed by atoms with Crippen LogP contribution in [-0.2, 0) is 11.3 Å². The lowest BCUT2D eigenvalue weighted by Crippen LogP contribution is -2.50. The third-order valence-corrected chi connectivity index (χ3v) is 4.24. The van der Waals surface area contributed by atoms with Gasteiger partial charge in [0.15, 0.2) is 0 Å². The predicted molar refractivity (Wildman–Crippen MR) is 100 cm³/mol. The number of rotatable bonds is 6. The first kappa shape index (κ1) is 19.6. The standard InChI is InChI=1S/C21H25FN2O2/c1-14(2)19(23-20(25)17-9-5-15(3)6-10-17)21(26)24(4)13-16-7-11-18(22)12-8-16/h5-12,14,19H,13H2,1-4H3,(H,23,25). The summed E-state index contributed by atoms with van der Waals surface area (Å²) in [5, 5.41) is 2.84. The number of hydrogen-bond acceptors (Lipinski definition) is 2. The van der Waals surface area contributed by atoms with Gasteiger partial charge in [0.1, 0.15) is 11.9 Å². The third kappa shape index (κ3) is 5.15. The van der Waals surface area contributed by atoms with Crippen molar-refractivity contribution in [2.24, 2.45) is 5.92 Å². The summed E-state index contributed by atoms with van der Waals surface area (Å²) in [7, 11) is 1.68. The number of nitrogens with one attached hydrogen (secondary N) is 1. The van der Waals surface area contributed by atoms with E-state index in [1.807, 2.05) is 32.9 Å². The molecule has 2 amide bonds. The Hall–Kier alpha value is -2.69. The molecule has 0 aliphatic rings. The van der Waals surface area contributed by atoms with Crippen molar-refractivity contribution in [3.05, 3.63) is 71.0 Å². The minimum atomic E-state index is -0.630. The van der Waals surface area contributed by atoms with Crippen molar-refractivity contribution in [1.82, 2.24) is 10.2 Å². The molecule has 1 unspecified atom stereocenters. The van der Waals surface area contributed by atoms with Gasteiger partial charge in [-0.2, -0.15) is 0 Å². The summed E-state index contributed by atoms with van der Waals surface area (Å²) in [6.07, 6.45) is 0. The van der Waals surface area contributed by atoms with E-state index in [4.69, 9.17) is 0 Å². The van der Waals surface area contributed by atoms with Gasteiger partial charge in [0.25, 0.3) is 5.91 Å². The Balaban J connectivity index is 2.07. The third-order valence-electron chi connectivity index (χ3n) is 4.24. The number of carbonyl (C=O) groups excluding carboxylic acids is 2. The van der Waals surface area contributed by atoms with Gasteiger partial charge in [0, 0.05) is 19.2 Å². The van der Waals surface area contributed by atoms with Crippen LogP contribution in [0.3, 0.4) is 0 Å². The zero-order valence-corrected chi connectivity index (χ0v) is 15.6. The Morgan fingerprint density at radius 3 is 2.15 bits per heavy atom. The topological polar surface area (TPSA) is 49.4 Å².